The summed E-state index contributed by atoms with van der Waals surface area (Å²) in [4.78, 5) is 5.00. The third kappa shape index (κ3) is 2.87. The van der Waals surface area contributed by atoms with Crippen molar-refractivity contribution in [2.45, 2.75) is 0 Å². The molecule has 0 saturated heterocycles. The van der Waals surface area contributed by atoms with Crippen molar-refractivity contribution in [3.63, 3.8) is 0 Å². The lowest BCUT2D eigenvalue weighted by Gasteiger charge is -2.46. The molecule has 9 aromatic rings. The second kappa shape index (κ2) is 8.52. The van der Waals surface area contributed by atoms with Crippen LogP contribution in [0, 0.1) is 0 Å². The van der Waals surface area contributed by atoms with Crippen molar-refractivity contribution < 1.29 is 0 Å². The monoisotopic (exact) mass is 613 g/mol. The van der Waals surface area contributed by atoms with Gasteiger partial charge in [0.1, 0.15) is 0 Å². The van der Waals surface area contributed by atoms with E-state index in [4.69, 9.17) is 0 Å². The second-order valence-corrected chi connectivity index (χ2v) is 13.9. The fourth-order valence-electron chi connectivity index (χ4n) is 8.96. The number of nitrogens with zero attached hydrogens (tertiary/aromatic N) is 3. The van der Waals surface area contributed by atoms with E-state index in [1.807, 2.05) is 11.3 Å². The minimum absolute atomic E-state index is 0.126. The van der Waals surface area contributed by atoms with Gasteiger partial charge >= 0.3 is 0 Å². The Kier molecular flexibility index (Phi) is 4.43. The molecule has 3 nitrogen and oxygen atoms in total. The van der Waals surface area contributed by atoms with E-state index >= 15 is 0 Å². The maximum absolute atomic E-state index is 2.63. The molecule has 0 radical (unpaired) electrons. The molecule has 7 aromatic carbocycles. The number of benzene rings is 7. The van der Waals surface area contributed by atoms with Crippen molar-refractivity contribution in [3.05, 3.63) is 146 Å². The molecule has 2 aromatic heterocycles. The Hall–Kier alpha value is -5.78. The highest BCUT2D eigenvalue weighted by Crippen LogP contribution is 2.49. The minimum atomic E-state index is 0.126. The topological polar surface area (TPSA) is 11.4 Å². The first-order valence-electron chi connectivity index (χ1n) is 16.2. The highest BCUT2D eigenvalue weighted by molar-refractivity contribution is 7.26. The molecule has 216 valence electrons. The van der Waals surface area contributed by atoms with Gasteiger partial charge in [-0.05, 0) is 77.1 Å². The molecule has 12 rings (SSSR count). The van der Waals surface area contributed by atoms with E-state index in [9.17, 15) is 0 Å². The van der Waals surface area contributed by atoms with Gasteiger partial charge in [0.2, 0.25) is 0 Å². The highest BCUT2D eigenvalue weighted by Gasteiger charge is 2.48. The fraction of sp³-hybridized carbons (Fsp3) is 0. The van der Waals surface area contributed by atoms with E-state index in [1.54, 1.807) is 0 Å². The lowest BCUT2D eigenvalue weighted by molar-refractivity contribution is 1.17. The average molecular weight is 614 g/mol. The first kappa shape index (κ1) is 24.5. The van der Waals surface area contributed by atoms with Gasteiger partial charge in [0.05, 0.1) is 15.7 Å². The largest absolute Gasteiger partial charge is 0.311 e. The zero-order chi connectivity index (χ0) is 30.4. The summed E-state index contributed by atoms with van der Waals surface area (Å²) in [6, 6.07) is 54.0. The summed E-state index contributed by atoms with van der Waals surface area (Å²) in [5, 5.41) is 5.32. The van der Waals surface area contributed by atoms with E-state index in [-0.39, 0.29) is 6.71 Å². The molecule has 0 aliphatic carbocycles. The SMILES string of the molecule is c1ccc(N2c3cccc4c3B3c5c2cccc5-n2c5c3c(ccc5c3ccc5c6ccccc6sc5c32)N4c2ccccc2)cc1. The molecule has 3 aliphatic heterocycles. The number of hydrogen-bond donors (Lipinski definition) is 0. The Labute approximate surface area is 275 Å². The molecular formula is C42H24BN3S. The number of hydrogen-bond acceptors (Lipinski definition) is 3. The van der Waals surface area contributed by atoms with E-state index < -0.39 is 0 Å². The van der Waals surface area contributed by atoms with E-state index in [2.05, 4.69) is 160 Å². The lowest BCUT2D eigenvalue weighted by Crippen LogP contribution is -2.64. The summed E-state index contributed by atoms with van der Waals surface area (Å²) >= 11 is 1.92. The summed E-state index contributed by atoms with van der Waals surface area (Å²) in [7, 11) is 0. The Morgan fingerprint density at radius 2 is 0.915 bits per heavy atom. The second-order valence-electron chi connectivity index (χ2n) is 12.9. The van der Waals surface area contributed by atoms with Crippen LogP contribution in [0.1, 0.15) is 0 Å². The van der Waals surface area contributed by atoms with Crippen LogP contribution in [-0.4, -0.2) is 11.3 Å². The average Bonchev–Trinajstić information content (AvgIpc) is 3.68. The number of rotatable bonds is 2. The van der Waals surface area contributed by atoms with Crippen molar-refractivity contribution in [1.82, 2.24) is 4.57 Å². The summed E-state index contributed by atoms with van der Waals surface area (Å²) in [5.74, 6) is 0. The summed E-state index contributed by atoms with van der Waals surface area (Å²) in [6.07, 6.45) is 0. The smallest absolute Gasteiger partial charge is 0.257 e. The number of fused-ring (bicyclic) bond motifs is 8. The molecule has 0 unspecified atom stereocenters. The van der Waals surface area contributed by atoms with E-state index in [1.165, 1.54) is 98.2 Å². The predicted octanol–water partition coefficient (Wildman–Crippen LogP) is 9.55. The van der Waals surface area contributed by atoms with Crippen LogP contribution in [0.5, 0.6) is 0 Å². The van der Waals surface area contributed by atoms with Crippen LogP contribution >= 0.6 is 11.3 Å². The molecule has 3 aliphatic rings. The van der Waals surface area contributed by atoms with Gasteiger partial charge in [-0.3, -0.25) is 0 Å². The van der Waals surface area contributed by atoms with Gasteiger partial charge in [-0.15, -0.1) is 11.3 Å². The molecule has 0 N–H and O–H groups in total. The van der Waals surface area contributed by atoms with Crippen molar-refractivity contribution in [3.8, 4) is 5.69 Å². The molecule has 0 amide bonds. The van der Waals surface area contributed by atoms with Gasteiger partial charge < -0.3 is 14.4 Å². The lowest BCUT2D eigenvalue weighted by atomic mass is 9.32. The fourth-order valence-corrected chi connectivity index (χ4v) is 10.2. The van der Waals surface area contributed by atoms with E-state index in [0.717, 1.165) is 0 Å². The van der Waals surface area contributed by atoms with Crippen LogP contribution in [0.2, 0.25) is 0 Å². The van der Waals surface area contributed by atoms with Crippen molar-refractivity contribution in [1.29, 1.82) is 0 Å². The Morgan fingerprint density at radius 1 is 0.383 bits per heavy atom. The third-order valence-corrected chi connectivity index (χ3v) is 11.9. The van der Waals surface area contributed by atoms with Crippen molar-refractivity contribution in [2.24, 2.45) is 0 Å². The van der Waals surface area contributed by atoms with Crippen LogP contribution < -0.4 is 26.2 Å². The zero-order valence-corrected chi connectivity index (χ0v) is 26.0. The van der Waals surface area contributed by atoms with Gasteiger partial charge in [0.25, 0.3) is 6.71 Å². The molecular weight excluding hydrogens is 589 g/mol. The molecule has 0 fully saturated rings. The van der Waals surface area contributed by atoms with Gasteiger partial charge in [-0.25, -0.2) is 0 Å². The Balaban J connectivity index is 1.32. The normalized spacial score (nSPS) is 13.8. The number of aromatic nitrogens is 1. The minimum Gasteiger partial charge on any atom is -0.311 e. The standard InChI is InChI=1S/C42H24BN3S/c1-3-11-25(12-4-1)44-31-16-9-17-32-37(31)43-38-33(44)18-10-19-34(38)46-40-28(23-24-35(39(40)43)45(32)26-13-5-2-6-14-26)29-21-22-30-27-15-7-8-20-36(27)47-42(30)41(29)46/h1-24H. The molecule has 0 bridgehead atoms. The van der Waals surface area contributed by atoms with Crippen LogP contribution in [0.25, 0.3) is 47.7 Å². The van der Waals surface area contributed by atoms with Crippen LogP contribution in [0.4, 0.5) is 34.1 Å². The number of thiophene rings is 1. The summed E-state index contributed by atoms with van der Waals surface area (Å²) in [5.41, 5.74) is 15.5. The molecule has 5 heteroatoms. The van der Waals surface area contributed by atoms with Gasteiger partial charge in [-0.1, -0.05) is 84.9 Å². The van der Waals surface area contributed by atoms with Crippen LogP contribution in [0.3, 0.4) is 0 Å². The van der Waals surface area contributed by atoms with Crippen molar-refractivity contribution in [2.75, 3.05) is 9.80 Å². The highest BCUT2D eigenvalue weighted by atomic mass is 32.1. The zero-order valence-electron chi connectivity index (χ0n) is 25.2. The molecule has 5 heterocycles. The van der Waals surface area contributed by atoms with Gasteiger partial charge in [0, 0.05) is 66.1 Å². The molecule has 0 atom stereocenters. The van der Waals surface area contributed by atoms with Crippen LogP contribution in [0.15, 0.2) is 146 Å². The maximum Gasteiger partial charge on any atom is 0.257 e. The van der Waals surface area contributed by atoms with Crippen LogP contribution in [-0.2, 0) is 0 Å². The predicted molar refractivity (Wildman–Crippen MR) is 201 cm³/mol. The van der Waals surface area contributed by atoms with E-state index in [0.29, 0.717) is 0 Å². The van der Waals surface area contributed by atoms with Crippen molar-refractivity contribution >= 4 is 111 Å². The molecule has 0 saturated carbocycles. The Morgan fingerprint density at radius 3 is 1.62 bits per heavy atom. The van der Waals surface area contributed by atoms with Gasteiger partial charge in [0.15, 0.2) is 0 Å². The quantitative estimate of drug-likeness (QED) is 0.180. The van der Waals surface area contributed by atoms with Gasteiger partial charge in [-0.2, -0.15) is 0 Å². The first-order valence-corrected chi connectivity index (χ1v) is 17.1. The molecule has 0 spiro atoms. The molecule has 47 heavy (non-hydrogen) atoms. The first-order chi connectivity index (χ1) is 23.4. The summed E-state index contributed by atoms with van der Waals surface area (Å²) < 4.78 is 5.32. The summed E-state index contributed by atoms with van der Waals surface area (Å²) in [6.45, 7) is 0.126. The third-order valence-electron chi connectivity index (χ3n) is 10.7. The maximum atomic E-state index is 2.63. The number of para-hydroxylation sites is 2. The Bertz CT molecular complexity index is 2800. The number of anilines is 6.